The van der Waals surface area contributed by atoms with Gasteiger partial charge in [-0.25, -0.2) is 14.4 Å². The lowest BCUT2D eigenvalue weighted by molar-refractivity contribution is 0.629. The fourth-order valence-electron chi connectivity index (χ4n) is 1.73. The number of H-pyrrole nitrogens is 1. The van der Waals surface area contributed by atoms with Crippen LogP contribution in [0.15, 0.2) is 23.6 Å². The molecular weight excluding hydrogens is 251 g/mol. The van der Waals surface area contributed by atoms with Gasteiger partial charge in [-0.2, -0.15) is 0 Å². The third-order valence-electron chi connectivity index (χ3n) is 2.55. The van der Waals surface area contributed by atoms with Crippen molar-refractivity contribution < 1.29 is 4.39 Å². The molecule has 18 heavy (non-hydrogen) atoms. The Bertz CT molecular complexity index is 688. The quantitative estimate of drug-likeness (QED) is 0.762. The van der Waals surface area contributed by atoms with Crippen LogP contribution in [0.4, 0.5) is 10.3 Å². The molecule has 0 fully saturated rings. The summed E-state index contributed by atoms with van der Waals surface area (Å²) >= 11 is 1.62. The van der Waals surface area contributed by atoms with E-state index in [9.17, 15) is 4.39 Å². The maximum Gasteiger partial charge on any atom is 0.201 e. The molecule has 0 atom stereocenters. The molecule has 2 heterocycles. The van der Waals surface area contributed by atoms with Crippen LogP contribution in [0, 0.1) is 12.7 Å². The van der Waals surface area contributed by atoms with Crippen LogP contribution < -0.4 is 5.32 Å². The summed E-state index contributed by atoms with van der Waals surface area (Å²) in [6, 6.07) is 4.48. The van der Waals surface area contributed by atoms with Gasteiger partial charge in [0.15, 0.2) is 0 Å². The van der Waals surface area contributed by atoms with Crippen LogP contribution in [0.25, 0.3) is 11.0 Å². The Kier molecular flexibility index (Phi) is 2.71. The number of rotatable bonds is 3. The molecule has 0 radical (unpaired) electrons. The molecule has 4 nitrogen and oxygen atoms in total. The van der Waals surface area contributed by atoms with Crippen molar-refractivity contribution in [3.8, 4) is 0 Å². The molecule has 2 aromatic heterocycles. The molecule has 0 spiro atoms. The second-order valence-electron chi connectivity index (χ2n) is 3.96. The molecule has 3 rings (SSSR count). The largest absolute Gasteiger partial charge is 0.350 e. The number of anilines is 1. The fourth-order valence-corrected chi connectivity index (χ4v) is 2.34. The number of aryl methyl sites for hydroxylation is 1. The minimum absolute atomic E-state index is 0.271. The molecule has 2 N–H and O–H groups in total. The predicted octanol–water partition coefficient (Wildman–Crippen LogP) is 3.08. The number of hydrogen-bond donors (Lipinski definition) is 2. The number of halogens is 1. The zero-order valence-electron chi connectivity index (χ0n) is 9.70. The van der Waals surface area contributed by atoms with E-state index in [1.54, 1.807) is 17.4 Å². The van der Waals surface area contributed by atoms with Gasteiger partial charge < -0.3 is 10.3 Å². The van der Waals surface area contributed by atoms with E-state index in [4.69, 9.17) is 0 Å². The highest BCUT2D eigenvalue weighted by molar-refractivity contribution is 7.09. The number of aromatic nitrogens is 3. The monoisotopic (exact) mass is 262 g/mol. The van der Waals surface area contributed by atoms with Crippen molar-refractivity contribution in [2.24, 2.45) is 0 Å². The normalized spacial score (nSPS) is 11.0. The molecule has 0 unspecified atom stereocenters. The number of aromatic amines is 1. The molecule has 92 valence electrons. The Morgan fingerprint density at radius 2 is 2.28 bits per heavy atom. The second-order valence-corrected chi connectivity index (χ2v) is 5.02. The smallest absolute Gasteiger partial charge is 0.201 e. The number of fused-ring (bicyclic) bond motifs is 1. The Morgan fingerprint density at radius 1 is 1.39 bits per heavy atom. The van der Waals surface area contributed by atoms with E-state index in [1.807, 2.05) is 12.3 Å². The Hall–Kier alpha value is -1.95. The van der Waals surface area contributed by atoms with Gasteiger partial charge in [0.25, 0.3) is 0 Å². The van der Waals surface area contributed by atoms with Gasteiger partial charge >= 0.3 is 0 Å². The van der Waals surface area contributed by atoms with Crippen LogP contribution >= 0.6 is 11.3 Å². The number of hydrogen-bond acceptors (Lipinski definition) is 4. The topological polar surface area (TPSA) is 53.6 Å². The first-order valence-electron chi connectivity index (χ1n) is 5.51. The summed E-state index contributed by atoms with van der Waals surface area (Å²) in [5.74, 6) is 0.356. The summed E-state index contributed by atoms with van der Waals surface area (Å²) in [4.78, 5) is 11.7. The zero-order chi connectivity index (χ0) is 12.5. The number of benzene rings is 1. The van der Waals surface area contributed by atoms with Gasteiger partial charge in [-0.3, -0.25) is 0 Å². The Morgan fingerprint density at radius 3 is 3.06 bits per heavy atom. The summed E-state index contributed by atoms with van der Waals surface area (Å²) in [5, 5.41) is 6.18. The van der Waals surface area contributed by atoms with Crippen molar-refractivity contribution >= 4 is 28.3 Å². The van der Waals surface area contributed by atoms with Crippen molar-refractivity contribution in [3.05, 3.63) is 40.1 Å². The number of imidazole rings is 1. The van der Waals surface area contributed by atoms with Gasteiger partial charge in [-0.15, -0.1) is 11.3 Å². The lowest BCUT2D eigenvalue weighted by atomic mass is 10.3. The molecule has 0 amide bonds. The molecule has 1 aromatic carbocycles. The van der Waals surface area contributed by atoms with E-state index in [2.05, 4.69) is 20.3 Å². The van der Waals surface area contributed by atoms with Gasteiger partial charge in [0.05, 0.1) is 28.3 Å². The van der Waals surface area contributed by atoms with Crippen molar-refractivity contribution in [2.75, 3.05) is 5.32 Å². The molecule has 6 heteroatoms. The van der Waals surface area contributed by atoms with Crippen LogP contribution in [-0.2, 0) is 6.54 Å². The Labute approximate surface area is 107 Å². The van der Waals surface area contributed by atoms with Gasteiger partial charge in [0.1, 0.15) is 5.82 Å². The van der Waals surface area contributed by atoms with Gasteiger partial charge in [-0.05, 0) is 25.1 Å². The SMILES string of the molecule is Cc1nc(CNc2nc3ccc(F)cc3[nH]2)cs1. The molecule has 0 aliphatic carbocycles. The third-order valence-corrected chi connectivity index (χ3v) is 3.37. The van der Waals surface area contributed by atoms with Crippen LogP contribution in [0.3, 0.4) is 0 Å². The molecular formula is C12H11FN4S. The summed E-state index contributed by atoms with van der Waals surface area (Å²) in [6.07, 6.45) is 0. The number of nitrogens with one attached hydrogen (secondary N) is 2. The van der Waals surface area contributed by atoms with E-state index in [-0.39, 0.29) is 5.82 Å². The van der Waals surface area contributed by atoms with Crippen LogP contribution in [0.2, 0.25) is 0 Å². The van der Waals surface area contributed by atoms with Crippen LogP contribution in [0.5, 0.6) is 0 Å². The van der Waals surface area contributed by atoms with Crippen molar-refractivity contribution in [2.45, 2.75) is 13.5 Å². The van der Waals surface area contributed by atoms with Crippen LogP contribution in [-0.4, -0.2) is 15.0 Å². The highest BCUT2D eigenvalue weighted by Gasteiger charge is 2.04. The first-order valence-corrected chi connectivity index (χ1v) is 6.39. The number of nitrogens with zero attached hydrogens (tertiary/aromatic N) is 2. The van der Waals surface area contributed by atoms with E-state index in [0.717, 1.165) is 16.2 Å². The first-order chi connectivity index (χ1) is 8.70. The van der Waals surface area contributed by atoms with Crippen LogP contribution in [0.1, 0.15) is 10.7 Å². The first kappa shape index (κ1) is 11.2. The molecule has 0 saturated heterocycles. The molecule has 0 aliphatic rings. The fraction of sp³-hybridized carbons (Fsp3) is 0.167. The highest BCUT2D eigenvalue weighted by atomic mass is 32.1. The average Bonchev–Trinajstić information content (AvgIpc) is 2.92. The summed E-state index contributed by atoms with van der Waals surface area (Å²) in [5.41, 5.74) is 2.41. The summed E-state index contributed by atoms with van der Waals surface area (Å²) in [6.45, 7) is 2.57. The molecule has 0 bridgehead atoms. The predicted molar refractivity (Wildman–Crippen MR) is 70.2 cm³/mol. The third kappa shape index (κ3) is 2.19. The molecule has 3 aromatic rings. The van der Waals surface area contributed by atoms with Crippen molar-refractivity contribution in [1.29, 1.82) is 0 Å². The average molecular weight is 262 g/mol. The summed E-state index contributed by atoms with van der Waals surface area (Å²) in [7, 11) is 0. The summed E-state index contributed by atoms with van der Waals surface area (Å²) < 4.78 is 13.0. The molecule has 0 aliphatic heterocycles. The van der Waals surface area contributed by atoms with Crippen molar-refractivity contribution in [1.82, 2.24) is 15.0 Å². The lowest BCUT2D eigenvalue weighted by Gasteiger charge is -1.98. The van der Waals surface area contributed by atoms with Gasteiger partial charge in [0.2, 0.25) is 5.95 Å². The van der Waals surface area contributed by atoms with Gasteiger partial charge in [0, 0.05) is 5.38 Å². The minimum Gasteiger partial charge on any atom is -0.350 e. The van der Waals surface area contributed by atoms with E-state index in [0.29, 0.717) is 18.0 Å². The minimum atomic E-state index is -0.271. The maximum absolute atomic E-state index is 13.0. The maximum atomic E-state index is 13.0. The zero-order valence-corrected chi connectivity index (χ0v) is 10.5. The van der Waals surface area contributed by atoms with Gasteiger partial charge in [-0.1, -0.05) is 0 Å². The number of thiazole rings is 1. The molecule has 0 saturated carbocycles. The van der Waals surface area contributed by atoms with E-state index < -0.39 is 0 Å². The van der Waals surface area contributed by atoms with Crippen molar-refractivity contribution in [3.63, 3.8) is 0 Å². The second kappa shape index (κ2) is 4.38. The standard InChI is InChI=1S/C12H11FN4S/c1-7-15-9(6-18-7)5-14-12-16-10-3-2-8(13)4-11(10)17-12/h2-4,6H,5H2,1H3,(H2,14,16,17). The van der Waals surface area contributed by atoms with E-state index >= 15 is 0 Å². The highest BCUT2D eigenvalue weighted by Crippen LogP contribution is 2.16. The Balaban J connectivity index is 1.78. The van der Waals surface area contributed by atoms with E-state index in [1.165, 1.54) is 12.1 Å². The lowest BCUT2D eigenvalue weighted by Crippen LogP contribution is -2.00.